The largest absolute Gasteiger partial charge is 0.479 e. The van der Waals surface area contributed by atoms with Gasteiger partial charge in [-0.15, -0.1) is 0 Å². The molecule has 8 fully saturated rings. The van der Waals surface area contributed by atoms with Gasteiger partial charge in [0.25, 0.3) is 0 Å². The quantitative estimate of drug-likeness (QED) is 0.236. The van der Waals surface area contributed by atoms with Crippen molar-refractivity contribution in [1.29, 1.82) is 0 Å². The fraction of sp³-hybridized carbons (Fsp3) is 0.755. The van der Waals surface area contributed by atoms with E-state index in [1.807, 2.05) is 26.0 Å². The van der Waals surface area contributed by atoms with Crippen molar-refractivity contribution in [3.63, 3.8) is 0 Å². The Kier molecular flexibility index (Phi) is 10.6. The van der Waals surface area contributed by atoms with Gasteiger partial charge in [-0.1, -0.05) is 77.7 Å². The Morgan fingerprint density at radius 3 is 1.56 bits per heavy atom. The summed E-state index contributed by atoms with van der Waals surface area (Å²) < 4.78 is 25.0. The zero-order valence-corrected chi connectivity index (χ0v) is 36.6. The van der Waals surface area contributed by atoms with E-state index in [2.05, 4.69) is 27.7 Å². The maximum atomic E-state index is 13.2. The number of carboxylic acids is 1. The summed E-state index contributed by atoms with van der Waals surface area (Å²) in [5.74, 6) is -0.695. The lowest BCUT2D eigenvalue weighted by Gasteiger charge is -2.59. The molecule has 18 atom stereocenters. The van der Waals surface area contributed by atoms with Crippen LogP contribution in [0.2, 0.25) is 0 Å². The maximum absolute atomic E-state index is 13.2. The first-order valence-electron chi connectivity index (χ1n) is 23.2. The van der Waals surface area contributed by atoms with Crippen LogP contribution in [-0.4, -0.2) is 98.6 Å². The number of aliphatic hydroxyl groups is 3. The van der Waals surface area contributed by atoms with E-state index in [0.29, 0.717) is 38.5 Å². The highest BCUT2D eigenvalue weighted by molar-refractivity contribution is 6.01. The van der Waals surface area contributed by atoms with E-state index in [-0.39, 0.29) is 63.7 Å². The molecule has 0 spiro atoms. The minimum atomic E-state index is -1.40. The molecule has 0 radical (unpaired) electrons. The Balaban J connectivity index is 0.000000156. The van der Waals surface area contributed by atoms with Gasteiger partial charge in [0.2, 0.25) is 0 Å². The Labute approximate surface area is 359 Å². The number of rotatable bonds is 7. The van der Waals surface area contributed by atoms with Crippen LogP contribution >= 0.6 is 0 Å². The predicted octanol–water partition coefficient (Wildman–Crippen LogP) is 5.96. The number of Topliss-reactive ketones (excluding diaryl/α,β-unsaturated/α-hetero) is 1. The van der Waals surface area contributed by atoms with Crippen LogP contribution < -0.4 is 0 Å². The SMILES string of the molecule is CCC[C@@H]1O[C@@H]2CC3C4CCC5=CC(=O)C=CC5(C)C4[C@@H](O)CC3(C)[C@]2(C(=O)CO)O1.CCC[C@@H]1O[C@@H]2CC3C4CCC5=CC(=O)C=CC5(C)C4[C@@H](O)CC3(C)[C@]2(C(=O)O)O1. The summed E-state index contributed by atoms with van der Waals surface area (Å²) in [6, 6.07) is 0. The van der Waals surface area contributed by atoms with E-state index in [4.69, 9.17) is 18.9 Å². The normalized spacial score (nSPS) is 51.0. The number of aliphatic carboxylic acids is 1. The van der Waals surface area contributed by atoms with Gasteiger partial charge in [0.15, 0.2) is 41.1 Å². The van der Waals surface area contributed by atoms with Crippen molar-refractivity contribution < 1.29 is 58.6 Å². The first-order valence-corrected chi connectivity index (χ1v) is 23.2. The van der Waals surface area contributed by atoms with Gasteiger partial charge in [-0.2, -0.15) is 0 Å². The van der Waals surface area contributed by atoms with E-state index < -0.39 is 71.6 Å². The van der Waals surface area contributed by atoms with Crippen molar-refractivity contribution in [3.05, 3.63) is 47.6 Å². The molecule has 10 rings (SSSR count). The highest BCUT2D eigenvalue weighted by Gasteiger charge is 2.78. The van der Waals surface area contributed by atoms with Crippen molar-refractivity contribution in [2.24, 2.45) is 57.2 Å². The number of allylic oxidation sites excluding steroid dienone is 8. The number of fused-ring (bicyclic) bond motifs is 14. The first kappa shape index (κ1) is 43.4. The van der Waals surface area contributed by atoms with Crippen LogP contribution in [0.5, 0.6) is 0 Å². The summed E-state index contributed by atoms with van der Waals surface area (Å²) >= 11 is 0. The zero-order chi connectivity index (χ0) is 43.7. The minimum Gasteiger partial charge on any atom is -0.479 e. The van der Waals surface area contributed by atoms with Crippen LogP contribution in [0.15, 0.2) is 47.6 Å². The van der Waals surface area contributed by atoms with Crippen molar-refractivity contribution in [2.75, 3.05) is 6.61 Å². The Morgan fingerprint density at radius 1 is 0.705 bits per heavy atom. The summed E-state index contributed by atoms with van der Waals surface area (Å²) in [4.78, 5) is 49.8. The average Bonchev–Trinajstić information content (AvgIpc) is 3.90. The number of carboxylic acid groups (broad SMARTS) is 1. The zero-order valence-electron chi connectivity index (χ0n) is 36.6. The van der Waals surface area contributed by atoms with E-state index in [1.54, 1.807) is 24.3 Å². The molecule has 12 heteroatoms. The van der Waals surface area contributed by atoms with E-state index in [9.17, 15) is 39.6 Å². The van der Waals surface area contributed by atoms with Gasteiger partial charge >= 0.3 is 5.97 Å². The van der Waals surface area contributed by atoms with Crippen LogP contribution in [0.4, 0.5) is 0 Å². The van der Waals surface area contributed by atoms with Crippen molar-refractivity contribution >= 4 is 23.3 Å². The number of ketones is 3. The van der Waals surface area contributed by atoms with Crippen LogP contribution in [0.25, 0.3) is 0 Å². The fourth-order valence-electron chi connectivity index (χ4n) is 16.0. The maximum Gasteiger partial charge on any atom is 0.339 e. The standard InChI is InChI=1S/C25H34O6.C24H32O6/c1-4-5-21-30-20-11-17-16-7-6-14-10-15(27)8-9-23(14,2)22(16)18(28)12-24(17,3)25(20,31-21)19(29)13-26;1-4-5-19-29-18-11-16-15-7-6-13-10-14(25)8-9-22(13,2)20(15)17(26)12-23(16,3)24(18,30-19)21(27)28/h8-10,16-18,20-22,26,28H,4-7,11-13H2,1-3H3;8-10,15-20,26H,4-7,11-12H2,1-3H3,(H,27,28)/t16?,17?,18-,20+,21+,22?,23?,24?,25+;15?,16?,17-,18+,19+,20?,22?,23?,24-/m00/s1. The molecule has 0 amide bonds. The molecular formula is C49H66O12. The molecule has 0 aromatic carbocycles. The lowest BCUT2D eigenvalue weighted by Crippen LogP contribution is -2.63. The van der Waals surface area contributed by atoms with Crippen molar-refractivity contribution in [3.8, 4) is 0 Å². The summed E-state index contributed by atoms with van der Waals surface area (Å²) in [5, 5.41) is 43.2. The molecule has 12 nitrogen and oxygen atoms in total. The second-order valence-electron chi connectivity index (χ2n) is 21.2. The molecule has 4 N–H and O–H groups in total. The molecule has 8 aliphatic carbocycles. The monoisotopic (exact) mass is 846 g/mol. The number of hydrogen-bond donors (Lipinski definition) is 4. The van der Waals surface area contributed by atoms with Gasteiger partial charge in [-0.25, -0.2) is 4.79 Å². The van der Waals surface area contributed by atoms with Crippen LogP contribution in [-0.2, 0) is 38.1 Å². The van der Waals surface area contributed by atoms with E-state index >= 15 is 0 Å². The summed E-state index contributed by atoms with van der Waals surface area (Å²) in [6.45, 7) is 11.8. The van der Waals surface area contributed by atoms with Gasteiger partial charge in [0.05, 0.1) is 18.3 Å². The van der Waals surface area contributed by atoms with Crippen LogP contribution in [0, 0.1) is 57.2 Å². The molecule has 10 unspecified atom stereocenters. The predicted molar refractivity (Wildman–Crippen MR) is 221 cm³/mol. The smallest absolute Gasteiger partial charge is 0.339 e. The minimum absolute atomic E-state index is 0.0125. The highest BCUT2D eigenvalue weighted by Crippen LogP contribution is 2.71. The first-order chi connectivity index (χ1) is 28.9. The van der Waals surface area contributed by atoms with E-state index in [1.165, 1.54) is 0 Å². The summed E-state index contributed by atoms with van der Waals surface area (Å²) in [6.07, 6.45) is 16.2. The fourth-order valence-corrected chi connectivity index (χ4v) is 16.0. The van der Waals surface area contributed by atoms with Gasteiger partial charge < -0.3 is 39.4 Å². The van der Waals surface area contributed by atoms with Crippen LogP contribution in [0.3, 0.4) is 0 Å². The molecule has 2 saturated heterocycles. The lowest BCUT2D eigenvalue weighted by atomic mass is 9.46. The molecule has 10 aliphatic rings. The third kappa shape index (κ3) is 5.80. The third-order valence-electron chi connectivity index (χ3n) is 18.5. The molecule has 61 heavy (non-hydrogen) atoms. The molecule has 2 heterocycles. The second kappa shape index (κ2) is 14.9. The lowest BCUT2D eigenvalue weighted by molar-refractivity contribution is -0.210. The van der Waals surface area contributed by atoms with Gasteiger partial charge in [0.1, 0.15) is 12.7 Å². The number of ether oxygens (including phenoxy) is 4. The molecule has 2 aliphatic heterocycles. The number of aliphatic hydroxyl groups excluding tert-OH is 3. The average molecular weight is 847 g/mol. The molecule has 0 aromatic rings. The summed E-state index contributed by atoms with van der Waals surface area (Å²) in [5.41, 5.74) is -2.41. The number of carbonyl (C=O) groups excluding carboxylic acids is 3. The Bertz CT molecular complexity index is 1990. The molecular weight excluding hydrogens is 781 g/mol. The Hall–Kier alpha value is -2.84. The van der Waals surface area contributed by atoms with Crippen LogP contribution in [0.1, 0.15) is 119 Å². The van der Waals surface area contributed by atoms with Crippen molar-refractivity contribution in [2.45, 2.75) is 167 Å². The highest BCUT2D eigenvalue weighted by atomic mass is 16.8. The molecule has 6 saturated carbocycles. The third-order valence-corrected chi connectivity index (χ3v) is 18.5. The summed E-state index contributed by atoms with van der Waals surface area (Å²) in [7, 11) is 0. The van der Waals surface area contributed by atoms with Gasteiger partial charge in [-0.05, 0) is 112 Å². The number of carbonyl (C=O) groups is 4. The number of hydrogen-bond acceptors (Lipinski definition) is 11. The van der Waals surface area contributed by atoms with Gasteiger partial charge in [0, 0.05) is 33.5 Å². The Morgan fingerprint density at radius 2 is 1.13 bits per heavy atom. The van der Waals surface area contributed by atoms with E-state index in [0.717, 1.165) is 49.7 Å². The molecule has 334 valence electrons. The second-order valence-corrected chi connectivity index (χ2v) is 21.2. The van der Waals surface area contributed by atoms with Gasteiger partial charge in [-0.3, -0.25) is 14.4 Å². The molecule has 0 bridgehead atoms. The molecule has 0 aromatic heterocycles. The van der Waals surface area contributed by atoms with Crippen molar-refractivity contribution in [1.82, 2.24) is 0 Å². The topological polar surface area (TPSA) is 186 Å².